The van der Waals surface area contributed by atoms with Gasteiger partial charge in [-0.15, -0.1) is 11.6 Å². The molecule has 0 aliphatic carbocycles. The molecule has 0 spiro atoms. The fourth-order valence-corrected chi connectivity index (χ4v) is 2.90. The molecule has 3 aromatic rings. The summed E-state index contributed by atoms with van der Waals surface area (Å²) in [6, 6.07) is 13.9. The van der Waals surface area contributed by atoms with Crippen molar-refractivity contribution in [3.8, 4) is 11.4 Å². The van der Waals surface area contributed by atoms with E-state index in [0.29, 0.717) is 12.5 Å². The summed E-state index contributed by atoms with van der Waals surface area (Å²) in [6.45, 7) is 2.59. The molecular formula is C16H14BrClN2O. The molecule has 0 fully saturated rings. The van der Waals surface area contributed by atoms with Crippen molar-refractivity contribution < 1.29 is 4.74 Å². The second-order valence-electron chi connectivity index (χ2n) is 4.53. The fourth-order valence-electron chi connectivity index (χ4n) is 2.38. The Morgan fingerprint density at radius 3 is 2.81 bits per heavy atom. The van der Waals surface area contributed by atoms with Crippen LogP contribution in [0.15, 0.2) is 46.9 Å². The highest BCUT2D eigenvalue weighted by molar-refractivity contribution is 9.10. The number of alkyl halides is 1. The highest BCUT2D eigenvalue weighted by Crippen LogP contribution is 2.30. The van der Waals surface area contributed by atoms with E-state index >= 15 is 0 Å². The molecule has 108 valence electrons. The predicted molar refractivity (Wildman–Crippen MR) is 89.5 cm³/mol. The molecule has 0 saturated heterocycles. The zero-order valence-electron chi connectivity index (χ0n) is 11.5. The van der Waals surface area contributed by atoms with E-state index in [9.17, 15) is 0 Å². The summed E-state index contributed by atoms with van der Waals surface area (Å²) in [5.41, 5.74) is 2.88. The van der Waals surface area contributed by atoms with Crippen LogP contribution in [0.25, 0.3) is 16.7 Å². The molecule has 0 aliphatic rings. The molecule has 3 rings (SSSR count). The van der Waals surface area contributed by atoms with Gasteiger partial charge < -0.3 is 4.74 Å². The lowest BCUT2D eigenvalue weighted by atomic mass is 10.2. The van der Waals surface area contributed by atoms with E-state index in [2.05, 4.69) is 25.5 Å². The average molecular weight is 366 g/mol. The Labute approximate surface area is 136 Å². The van der Waals surface area contributed by atoms with E-state index in [1.807, 2.05) is 49.4 Å². The number of hydrogen-bond acceptors (Lipinski definition) is 2. The number of halogens is 2. The Morgan fingerprint density at radius 1 is 1.24 bits per heavy atom. The number of aromatic nitrogens is 2. The van der Waals surface area contributed by atoms with Crippen molar-refractivity contribution in [3.05, 3.63) is 52.8 Å². The van der Waals surface area contributed by atoms with Crippen LogP contribution in [0.1, 0.15) is 12.7 Å². The second kappa shape index (κ2) is 6.08. The third-order valence-electron chi connectivity index (χ3n) is 3.21. The number of imidazole rings is 1. The summed E-state index contributed by atoms with van der Waals surface area (Å²) in [7, 11) is 0. The van der Waals surface area contributed by atoms with Crippen LogP contribution >= 0.6 is 27.5 Å². The lowest BCUT2D eigenvalue weighted by Crippen LogP contribution is -2.03. The van der Waals surface area contributed by atoms with Gasteiger partial charge in [0.05, 0.1) is 29.2 Å². The highest BCUT2D eigenvalue weighted by Gasteiger charge is 2.15. The van der Waals surface area contributed by atoms with Gasteiger partial charge in [0.2, 0.25) is 0 Å². The maximum atomic E-state index is 6.09. The van der Waals surface area contributed by atoms with Gasteiger partial charge in [-0.1, -0.05) is 28.1 Å². The van der Waals surface area contributed by atoms with Crippen LogP contribution in [0, 0.1) is 0 Å². The molecule has 5 heteroatoms. The van der Waals surface area contributed by atoms with Gasteiger partial charge in [-0.2, -0.15) is 0 Å². The number of para-hydroxylation sites is 2. The summed E-state index contributed by atoms with van der Waals surface area (Å²) in [5, 5.41) is 0. The molecule has 0 saturated carbocycles. The number of benzene rings is 2. The van der Waals surface area contributed by atoms with E-state index < -0.39 is 0 Å². The molecule has 0 amide bonds. The number of hydrogen-bond donors (Lipinski definition) is 0. The van der Waals surface area contributed by atoms with Crippen molar-refractivity contribution >= 4 is 38.6 Å². The number of nitrogens with zero attached hydrogens (tertiary/aromatic N) is 2. The molecule has 21 heavy (non-hydrogen) atoms. The molecule has 0 N–H and O–H groups in total. The normalized spacial score (nSPS) is 11.0. The van der Waals surface area contributed by atoms with E-state index in [1.54, 1.807) is 0 Å². The van der Waals surface area contributed by atoms with Crippen molar-refractivity contribution in [1.29, 1.82) is 0 Å². The van der Waals surface area contributed by atoms with Gasteiger partial charge >= 0.3 is 0 Å². The number of rotatable bonds is 4. The minimum absolute atomic E-state index is 0.340. The lowest BCUT2D eigenvalue weighted by Gasteiger charge is -2.13. The van der Waals surface area contributed by atoms with Crippen LogP contribution in [-0.4, -0.2) is 16.2 Å². The molecule has 1 heterocycles. The minimum atomic E-state index is 0.340. The summed E-state index contributed by atoms with van der Waals surface area (Å²) >= 11 is 9.60. The van der Waals surface area contributed by atoms with Crippen molar-refractivity contribution in [2.45, 2.75) is 12.8 Å². The molecule has 0 aliphatic heterocycles. The van der Waals surface area contributed by atoms with E-state index in [-0.39, 0.29) is 0 Å². The van der Waals surface area contributed by atoms with Gasteiger partial charge in [0.15, 0.2) is 0 Å². The topological polar surface area (TPSA) is 27.1 Å². The smallest absolute Gasteiger partial charge is 0.143 e. The first kappa shape index (κ1) is 14.4. The zero-order chi connectivity index (χ0) is 14.8. The zero-order valence-corrected chi connectivity index (χ0v) is 13.9. The molecule has 0 bridgehead atoms. The van der Waals surface area contributed by atoms with Crippen LogP contribution in [-0.2, 0) is 5.88 Å². The SMILES string of the molecule is CCOc1ccccc1-n1c(CCl)nc2ccc(Br)cc21. The Bertz CT molecular complexity index is 785. The van der Waals surface area contributed by atoms with Crippen molar-refractivity contribution in [2.24, 2.45) is 0 Å². The largest absolute Gasteiger partial charge is 0.492 e. The molecular weight excluding hydrogens is 352 g/mol. The molecule has 0 radical (unpaired) electrons. The maximum Gasteiger partial charge on any atom is 0.143 e. The van der Waals surface area contributed by atoms with Crippen molar-refractivity contribution in [2.75, 3.05) is 6.61 Å². The first-order valence-corrected chi connectivity index (χ1v) is 8.02. The van der Waals surface area contributed by atoms with E-state index in [1.165, 1.54) is 0 Å². The van der Waals surface area contributed by atoms with Gasteiger partial charge in [0.25, 0.3) is 0 Å². The van der Waals surface area contributed by atoms with Crippen molar-refractivity contribution in [1.82, 2.24) is 9.55 Å². The number of fused-ring (bicyclic) bond motifs is 1. The molecule has 0 unspecified atom stereocenters. The van der Waals surface area contributed by atoms with Crippen molar-refractivity contribution in [3.63, 3.8) is 0 Å². The van der Waals surface area contributed by atoms with Crippen LogP contribution in [0.4, 0.5) is 0 Å². The Kier molecular flexibility index (Phi) is 4.17. The molecule has 2 aromatic carbocycles. The standard InChI is InChI=1S/C16H14BrClN2O/c1-2-21-15-6-4-3-5-13(15)20-14-9-11(17)7-8-12(14)19-16(20)10-18/h3-9H,2,10H2,1H3. The average Bonchev–Trinajstić information content (AvgIpc) is 2.86. The minimum Gasteiger partial charge on any atom is -0.492 e. The highest BCUT2D eigenvalue weighted by atomic mass is 79.9. The van der Waals surface area contributed by atoms with Crippen LogP contribution in [0.3, 0.4) is 0 Å². The Hall–Kier alpha value is -1.52. The first-order chi connectivity index (χ1) is 10.2. The monoisotopic (exact) mass is 364 g/mol. The molecule has 0 atom stereocenters. The molecule has 3 nitrogen and oxygen atoms in total. The van der Waals surface area contributed by atoms with E-state index in [4.69, 9.17) is 16.3 Å². The van der Waals surface area contributed by atoms with Crippen LogP contribution in [0.2, 0.25) is 0 Å². The third-order valence-corrected chi connectivity index (χ3v) is 3.94. The van der Waals surface area contributed by atoms with Gasteiger partial charge in [-0.3, -0.25) is 4.57 Å². The fraction of sp³-hybridized carbons (Fsp3) is 0.188. The van der Waals surface area contributed by atoms with Gasteiger partial charge in [0.1, 0.15) is 11.6 Å². The summed E-state index contributed by atoms with van der Waals surface area (Å²) in [4.78, 5) is 4.60. The lowest BCUT2D eigenvalue weighted by molar-refractivity contribution is 0.339. The summed E-state index contributed by atoms with van der Waals surface area (Å²) in [5.74, 6) is 1.97. The quantitative estimate of drug-likeness (QED) is 0.613. The number of ether oxygens (including phenoxy) is 1. The molecule has 1 aromatic heterocycles. The van der Waals surface area contributed by atoms with Crippen LogP contribution in [0.5, 0.6) is 5.75 Å². The van der Waals surface area contributed by atoms with Crippen LogP contribution < -0.4 is 4.74 Å². The Balaban J connectivity index is 2.30. The predicted octanol–water partition coefficient (Wildman–Crippen LogP) is 4.93. The second-order valence-corrected chi connectivity index (χ2v) is 5.71. The summed E-state index contributed by atoms with van der Waals surface area (Å²) < 4.78 is 8.80. The van der Waals surface area contributed by atoms with Gasteiger partial charge in [-0.25, -0.2) is 4.98 Å². The summed E-state index contributed by atoms with van der Waals surface area (Å²) in [6.07, 6.45) is 0. The van der Waals surface area contributed by atoms with Gasteiger partial charge in [-0.05, 0) is 37.3 Å². The first-order valence-electron chi connectivity index (χ1n) is 6.69. The Morgan fingerprint density at radius 2 is 2.05 bits per heavy atom. The maximum absolute atomic E-state index is 6.09. The van der Waals surface area contributed by atoms with Gasteiger partial charge in [0, 0.05) is 4.47 Å². The van der Waals surface area contributed by atoms with E-state index in [0.717, 1.165) is 32.8 Å². The third kappa shape index (κ3) is 2.65.